The number of carboxylic acid groups (broad SMARTS) is 1. The summed E-state index contributed by atoms with van der Waals surface area (Å²) in [5.74, 6) is -0.762. The lowest BCUT2D eigenvalue weighted by Gasteiger charge is -2.00. The molecule has 0 bridgehead atoms. The SMILES string of the molecule is CC(C)c1nn(-c2cccnn2)c(Cl)c1C(=O)O. The first kappa shape index (κ1) is 12.5. The van der Waals surface area contributed by atoms with Crippen LogP contribution in [0.4, 0.5) is 0 Å². The highest BCUT2D eigenvalue weighted by Gasteiger charge is 2.25. The smallest absolute Gasteiger partial charge is 0.340 e. The first-order valence-corrected chi connectivity index (χ1v) is 5.70. The van der Waals surface area contributed by atoms with E-state index in [2.05, 4.69) is 15.3 Å². The molecule has 0 radical (unpaired) electrons. The number of carboxylic acids is 1. The average molecular weight is 267 g/mol. The third kappa shape index (κ3) is 2.06. The lowest BCUT2D eigenvalue weighted by Crippen LogP contribution is -2.02. The Bertz CT molecular complexity index is 580. The molecule has 2 heterocycles. The maximum absolute atomic E-state index is 11.2. The van der Waals surface area contributed by atoms with Crippen molar-refractivity contribution < 1.29 is 9.90 Å². The van der Waals surface area contributed by atoms with Gasteiger partial charge in [0.05, 0.1) is 5.69 Å². The number of halogens is 1. The van der Waals surface area contributed by atoms with E-state index in [4.69, 9.17) is 11.6 Å². The van der Waals surface area contributed by atoms with E-state index in [0.717, 1.165) is 0 Å². The second-order valence-electron chi connectivity index (χ2n) is 4.00. The molecule has 0 atom stereocenters. The van der Waals surface area contributed by atoms with E-state index < -0.39 is 5.97 Å². The van der Waals surface area contributed by atoms with Gasteiger partial charge in [0.1, 0.15) is 10.7 Å². The summed E-state index contributed by atoms with van der Waals surface area (Å²) in [4.78, 5) is 11.2. The van der Waals surface area contributed by atoms with Gasteiger partial charge in [-0.2, -0.15) is 10.2 Å². The second-order valence-corrected chi connectivity index (χ2v) is 4.36. The predicted molar refractivity (Wildman–Crippen MR) is 65.2 cm³/mol. The number of nitrogens with zero attached hydrogens (tertiary/aromatic N) is 4. The van der Waals surface area contributed by atoms with E-state index in [1.807, 2.05) is 13.8 Å². The maximum Gasteiger partial charge on any atom is 0.340 e. The number of carbonyl (C=O) groups is 1. The summed E-state index contributed by atoms with van der Waals surface area (Å²) < 4.78 is 1.29. The molecule has 94 valence electrons. The molecule has 0 amide bonds. The highest BCUT2D eigenvalue weighted by Crippen LogP contribution is 2.27. The van der Waals surface area contributed by atoms with E-state index in [-0.39, 0.29) is 16.6 Å². The number of aromatic carboxylic acids is 1. The molecule has 0 aromatic carbocycles. The van der Waals surface area contributed by atoms with Crippen LogP contribution in [0.25, 0.3) is 5.82 Å². The highest BCUT2D eigenvalue weighted by atomic mass is 35.5. The van der Waals surface area contributed by atoms with E-state index in [1.54, 1.807) is 12.1 Å². The number of hydrogen-bond donors (Lipinski definition) is 1. The lowest BCUT2D eigenvalue weighted by molar-refractivity contribution is 0.0695. The van der Waals surface area contributed by atoms with Gasteiger partial charge >= 0.3 is 5.97 Å². The Kier molecular flexibility index (Phi) is 3.29. The van der Waals surface area contributed by atoms with Crippen LogP contribution in [0.2, 0.25) is 5.15 Å². The van der Waals surface area contributed by atoms with Crippen molar-refractivity contribution in [1.29, 1.82) is 0 Å². The average Bonchev–Trinajstić information content (AvgIpc) is 2.68. The quantitative estimate of drug-likeness (QED) is 0.920. The van der Waals surface area contributed by atoms with Crippen LogP contribution in [0, 0.1) is 0 Å². The molecule has 0 unspecified atom stereocenters. The van der Waals surface area contributed by atoms with E-state index in [1.165, 1.54) is 10.9 Å². The van der Waals surface area contributed by atoms with Crippen LogP contribution in [0.15, 0.2) is 18.3 Å². The van der Waals surface area contributed by atoms with Crippen LogP contribution >= 0.6 is 11.6 Å². The van der Waals surface area contributed by atoms with Crippen LogP contribution in [-0.4, -0.2) is 31.1 Å². The third-order valence-electron chi connectivity index (χ3n) is 2.39. The largest absolute Gasteiger partial charge is 0.478 e. The van der Waals surface area contributed by atoms with Gasteiger partial charge in [0.25, 0.3) is 0 Å². The highest BCUT2D eigenvalue weighted by molar-refractivity contribution is 6.32. The first-order valence-electron chi connectivity index (χ1n) is 5.32. The summed E-state index contributed by atoms with van der Waals surface area (Å²) >= 11 is 6.05. The van der Waals surface area contributed by atoms with Gasteiger partial charge in [-0.25, -0.2) is 9.48 Å². The van der Waals surface area contributed by atoms with Crippen LogP contribution < -0.4 is 0 Å². The Balaban J connectivity index is 2.64. The fourth-order valence-corrected chi connectivity index (χ4v) is 1.88. The fraction of sp³-hybridized carbons (Fsp3) is 0.273. The molecule has 2 aromatic rings. The number of hydrogen-bond acceptors (Lipinski definition) is 4. The molecular weight excluding hydrogens is 256 g/mol. The summed E-state index contributed by atoms with van der Waals surface area (Å²) in [5, 5.41) is 21.0. The van der Waals surface area contributed by atoms with E-state index in [9.17, 15) is 9.90 Å². The van der Waals surface area contributed by atoms with Crippen molar-refractivity contribution in [3.05, 3.63) is 34.7 Å². The minimum absolute atomic E-state index is 0.0114. The molecule has 0 aliphatic carbocycles. The maximum atomic E-state index is 11.2. The van der Waals surface area contributed by atoms with E-state index >= 15 is 0 Å². The summed E-state index contributed by atoms with van der Waals surface area (Å²) in [6.45, 7) is 3.71. The molecule has 0 aliphatic rings. The lowest BCUT2D eigenvalue weighted by atomic mass is 10.1. The van der Waals surface area contributed by atoms with E-state index in [0.29, 0.717) is 11.5 Å². The summed E-state index contributed by atoms with van der Waals surface area (Å²) in [6.07, 6.45) is 1.52. The normalized spacial score (nSPS) is 10.9. The molecule has 7 heteroatoms. The molecule has 6 nitrogen and oxygen atoms in total. The summed E-state index contributed by atoms with van der Waals surface area (Å²) in [6, 6.07) is 3.33. The van der Waals surface area contributed by atoms with Crippen molar-refractivity contribution in [2.45, 2.75) is 19.8 Å². The summed E-state index contributed by atoms with van der Waals surface area (Å²) in [5.41, 5.74) is 0.440. The second kappa shape index (κ2) is 4.73. The molecule has 18 heavy (non-hydrogen) atoms. The van der Waals surface area contributed by atoms with Gasteiger partial charge in [-0.15, -0.1) is 5.10 Å². The molecule has 0 fully saturated rings. The van der Waals surface area contributed by atoms with Crippen LogP contribution in [0.1, 0.15) is 35.8 Å². The summed E-state index contributed by atoms with van der Waals surface area (Å²) in [7, 11) is 0. The third-order valence-corrected chi connectivity index (χ3v) is 2.74. The monoisotopic (exact) mass is 266 g/mol. The Morgan fingerprint density at radius 2 is 2.22 bits per heavy atom. The zero-order chi connectivity index (χ0) is 13.3. The van der Waals surface area contributed by atoms with Crippen molar-refractivity contribution in [3.8, 4) is 5.82 Å². The number of aromatic nitrogens is 4. The van der Waals surface area contributed by atoms with Crippen molar-refractivity contribution in [2.24, 2.45) is 0 Å². The molecule has 0 saturated heterocycles. The minimum atomic E-state index is -1.10. The fourth-order valence-electron chi connectivity index (χ4n) is 1.57. The van der Waals surface area contributed by atoms with Gasteiger partial charge in [-0.05, 0) is 18.1 Å². The zero-order valence-electron chi connectivity index (χ0n) is 9.83. The zero-order valence-corrected chi connectivity index (χ0v) is 10.6. The minimum Gasteiger partial charge on any atom is -0.478 e. The molecule has 2 aromatic heterocycles. The first-order chi connectivity index (χ1) is 8.52. The van der Waals surface area contributed by atoms with Gasteiger partial charge in [-0.1, -0.05) is 25.4 Å². The number of rotatable bonds is 3. The van der Waals surface area contributed by atoms with Crippen molar-refractivity contribution in [3.63, 3.8) is 0 Å². The molecular formula is C11H11ClN4O2. The Hall–Kier alpha value is -1.95. The predicted octanol–water partition coefficient (Wildman–Crippen LogP) is 2.14. The molecule has 0 aliphatic heterocycles. The molecule has 1 N–H and O–H groups in total. The van der Waals surface area contributed by atoms with Crippen molar-refractivity contribution in [2.75, 3.05) is 0 Å². The molecule has 0 spiro atoms. The van der Waals surface area contributed by atoms with Crippen molar-refractivity contribution in [1.82, 2.24) is 20.0 Å². The van der Waals surface area contributed by atoms with Gasteiger partial charge < -0.3 is 5.11 Å². The van der Waals surface area contributed by atoms with Crippen LogP contribution in [-0.2, 0) is 0 Å². The van der Waals surface area contributed by atoms with Gasteiger partial charge in [-0.3, -0.25) is 0 Å². The molecule has 2 rings (SSSR count). The standard InChI is InChI=1S/C11H11ClN4O2/c1-6(2)9-8(11(17)18)10(12)16(15-9)7-4-3-5-13-14-7/h3-6H,1-2H3,(H,17,18). The topological polar surface area (TPSA) is 80.9 Å². The van der Waals surface area contributed by atoms with Gasteiger partial charge in [0, 0.05) is 6.20 Å². The Morgan fingerprint density at radius 1 is 1.50 bits per heavy atom. The van der Waals surface area contributed by atoms with Crippen LogP contribution in [0.3, 0.4) is 0 Å². The van der Waals surface area contributed by atoms with Gasteiger partial charge in [0.15, 0.2) is 5.82 Å². The van der Waals surface area contributed by atoms with Gasteiger partial charge in [0.2, 0.25) is 0 Å². The van der Waals surface area contributed by atoms with Crippen molar-refractivity contribution >= 4 is 17.6 Å². The Morgan fingerprint density at radius 3 is 2.67 bits per heavy atom. The van der Waals surface area contributed by atoms with Crippen LogP contribution in [0.5, 0.6) is 0 Å². The molecule has 0 saturated carbocycles. The Labute approximate surface area is 108 Å².